The highest BCUT2D eigenvalue weighted by molar-refractivity contribution is 7.93. The van der Waals surface area contributed by atoms with Gasteiger partial charge >= 0.3 is 12.1 Å². The zero-order valence-corrected chi connectivity index (χ0v) is 15.8. The fourth-order valence-electron chi connectivity index (χ4n) is 2.31. The van der Waals surface area contributed by atoms with Crippen LogP contribution in [0.4, 0.5) is 13.2 Å². The number of hydrogen-bond acceptors (Lipinski definition) is 7. The SMILES string of the molecule is COc1cc(-c2noc(C(F)(F)F)n2)ccc1C(=O)N=S(C)(=O)c1ccncc1. The molecule has 1 unspecified atom stereocenters. The molecule has 0 aliphatic carbocycles. The molecule has 0 saturated heterocycles. The van der Waals surface area contributed by atoms with Gasteiger partial charge in [0.25, 0.3) is 5.91 Å². The Bertz CT molecular complexity index is 1170. The van der Waals surface area contributed by atoms with E-state index in [2.05, 4.69) is 24.0 Å². The van der Waals surface area contributed by atoms with Crippen molar-refractivity contribution in [2.24, 2.45) is 4.36 Å². The molecule has 152 valence electrons. The standard InChI is InChI=1S/C17H13F3N4O4S/c1-27-13-9-10(14-22-16(28-23-14)17(18,19)20)3-4-12(13)15(25)24-29(2,26)11-5-7-21-8-6-11/h3-9H,1-2H3. The highest BCUT2D eigenvalue weighted by Gasteiger charge is 2.38. The summed E-state index contributed by atoms with van der Waals surface area (Å²) in [5, 5.41) is 3.28. The number of hydrogen-bond donors (Lipinski definition) is 0. The summed E-state index contributed by atoms with van der Waals surface area (Å²) < 4.78 is 63.7. The van der Waals surface area contributed by atoms with E-state index in [0.717, 1.165) is 0 Å². The minimum Gasteiger partial charge on any atom is -0.496 e. The van der Waals surface area contributed by atoms with Crippen LogP contribution in [0.3, 0.4) is 0 Å². The smallest absolute Gasteiger partial charge is 0.471 e. The summed E-state index contributed by atoms with van der Waals surface area (Å²) in [7, 11) is -1.78. The molecule has 29 heavy (non-hydrogen) atoms. The van der Waals surface area contributed by atoms with Crippen molar-refractivity contribution in [3.05, 3.63) is 54.2 Å². The van der Waals surface area contributed by atoms with Crippen molar-refractivity contribution in [2.45, 2.75) is 11.1 Å². The fraction of sp³-hybridized carbons (Fsp3) is 0.176. The van der Waals surface area contributed by atoms with Crippen LogP contribution in [0.1, 0.15) is 16.2 Å². The van der Waals surface area contributed by atoms with Gasteiger partial charge in [-0.05, 0) is 30.3 Å². The number of amides is 1. The van der Waals surface area contributed by atoms with Crippen molar-refractivity contribution < 1.29 is 31.4 Å². The molecular formula is C17H13F3N4O4S. The minimum absolute atomic E-state index is 0.000429. The number of carbonyl (C=O) groups excluding carboxylic acids is 1. The zero-order valence-electron chi connectivity index (χ0n) is 15.0. The zero-order chi connectivity index (χ0) is 21.2. The second kappa shape index (κ2) is 7.62. The van der Waals surface area contributed by atoms with E-state index in [1.807, 2.05) is 0 Å². The number of rotatable bonds is 4. The van der Waals surface area contributed by atoms with Crippen LogP contribution in [0.15, 0.2) is 56.5 Å². The quantitative estimate of drug-likeness (QED) is 0.629. The summed E-state index contributed by atoms with van der Waals surface area (Å²) in [6.45, 7) is 0. The molecule has 1 atom stereocenters. The molecule has 0 aliphatic rings. The first kappa shape index (κ1) is 20.5. The summed E-state index contributed by atoms with van der Waals surface area (Å²) in [5.41, 5.74) is 0.100. The Hall–Kier alpha value is -3.28. The molecule has 2 aromatic heterocycles. The van der Waals surface area contributed by atoms with E-state index in [-0.39, 0.29) is 22.7 Å². The van der Waals surface area contributed by atoms with Crippen LogP contribution >= 0.6 is 0 Å². The number of benzene rings is 1. The van der Waals surface area contributed by atoms with Crippen molar-refractivity contribution in [1.82, 2.24) is 15.1 Å². The lowest BCUT2D eigenvalue weighted by Crippen LogP contribution is -2.06. The van der Waals surface area contributed by atoms with Gasteiger partial charge in [0.05, 0.1) is 27.3 Å². The first-order valence-corrected chi connectivity index (χ1v) is 9.80. The first-order valence-electron chi connectivity index (χ1n) is 7.87. The number of alkyl halides is 3. The number of aromatic nitrogens is 3. The fourth-order valence-corrected chi connectivity index (χ4v) is 3.46. The van der Waals surface area contributed by atoms with E-state index in [4.69, 9.17) is 4.74 Å². The maximum atomic E-state index is 12.8. The van der Waals surface area contributed by atoms with E-state index in [9.17, 15) is 22.2 Å². The van der Waals surface area contributed by atoms with Crippen molar-refractivity contribution in [3.63, 3.8) is 0 Å². The number of nitrogens with zero attached hydrogens (tertiary/aromatic N) is 4. The second-order valence-corrected chi connectivity index (χ2v) is 7.98. The lowest BCUT2D eigenvalue weighted by atomic mass is 10.1. The average Bonchev–Trinajstić information content (AvgIpc) is 3.18. The van der Waals surface area contributed by atoms with Gasteiger partial charge in [-0.25, -0.2) is 4.21 Å². The van der Waals surface area contributed by atoms with E-state index in [1.165, 1.54) is 56.1 Å². The van der Waals surface area contributed by atoms with Gasteiger partial charge in [0, 0.05) is 24.2 Å². The molecule has 0 spiro atoms. The largest absolute Gasteiger partial charge is 0.496 e. The van der Waals surface area contributed by atoms with Gasteiger partial charge < -0.3 is 9.26 Å². The minimum atomic E-state index is -4.78. The summed E-state index contributed by atoms with van der Waals surface area (Å²) in [6, 6.07) is 6.80. The first-order chi connectivity index (χ1) is 13.6. The van der Waals surface area contributed by atoms with Crippen molar-refractivity contribution in [3.8, 4) is 17.1 Å². The van der Waals surface area contributed by atoms with Crippen molar-refractivity contribution >= 4 is 15.6 Å². The molecule has 2 heterocycles. The summed E-state index contributed by atoms with van der Waals surface area (Å²) in [6.07, 6.45) is -0.626. The van der Waals surface area contributed by atoms with Gasteiger partial charge in [-0.3, -0.25) is 9.78 Å². The van der Waals surface area contributed by atoms with Crippen LogP contribution in [-0.4, -0.2) is 38.6 Å². The van der Waals surface area contributed by atoms with E-state index in [1.54, 1.807) is 0 Å². The number of ether oxygens (including phenoxy) is 1. The average molecular weight is 426 g/mol. The summed E-state index contributed by atoms with van der Waals surface area (Å²) >= 11 is 0. The third-order valence-electron chi connectivity index (χ3n) is 3.70. The Kier molecular flexibility index (Phi) is 5.38. The molecule has 1 amide bonds. The molecule has 1 aromatic carbocycles. The van der Waals surface area contributed by atoms with E-state index < -0.39 is 27.7 Å². The molecule has 0 radical (unpaired) electrons. The predicted octanol–water partition coefficient (Wildman–Crippen LogP) is 3.46. The highest BCUT2D eigenvalue weighted by Crippen LogP contribution is 2.31. The molecule has 3 rings (SSSR count). The van der Waals surface area contributed by atoms with Crippen molar-refractivity contribution in [1.29, 1.82) is 0 Å². The van der Waals surface area contributed by atoms with Crippen LogP contribution in [0.25, 0.3) is 11.4 Å². The Morgan fingerprint density at radius 1 is 1.21 bits per heavy atom. The Morgan fingerprint density at radius 2 is 1.90 bits per heavy atom. The maximum Gasteiger partial charge on any atom is 0.471 e. The van der Waals surface area contributed by atoms with Crippen LogP contribution in [0.5, 0.6) is 5.75 Å². The van der Waals surface area contributed by atoms with Gasteiger partial charge in [-0.15, -0.1) is 0 Å². The van der Waals surface area contributed by atoms with Gasteiger partial charge in [-0.1, -0.05) is 5.16 Å². The summed E-state index contributed by atoms with van der Waals surface area (Å²) in [5.74, 6) is -2.64. The number of pyridine rings is 1. The molecule has 0 N–H and O–H groups in total. The summed E-state index contributed by atoms with van der Waals surface area (Å²) in [4.78, 5) is 20.0. The predicted molar refractivity (Wildman–Crippen MR) is 94.6 cm³/mol. The lowest BCUT2D eigenvalue weighted by Gasteiger charge is -2.08. The van der Waals surface area contributed by atoms with Crippen LogP contribution in [0, 0.1) is 0 Å². The Morgan fingerprint density at radius 3 is 2.48 bits per heavy atom. The topological polar surface area (TPSA) is 108 Å². The molecule has 0 aliphatic heterocycles. The molecule has 0 bridgehead atoms. The number of methoxy groups -OCH3 is 1. The third kappa shape index (κ3) is 4.42. The van der Waals surface area contributed by atoms with Crippen LogP contribution < -0.4 is 4.74 Å². The maximum absolute atomic E-state index is 12.8. The molecule has 0 saturated carbocycles. The third-order valence-corrected chi connectivity index (χ3v) is 5.36. The van der Waals surface area contributed by atoms with Crippen molar-refractivity contribution in [2.75, 3.05) is 13.4 Å². The highest BCUT2D eigenvalue weighted by atomic mass is 32.2. The van der Waals surface area contributed by atoms with Gasteiger partial charge in [-0.2, -0.15) is 22.5 Å². The molecule has 8 nitrogen and oxygen atoms in total. The normalized spacial score (nSPS) is 13.6. The van der Waals surface area contributed by atoms with Gasteiger partial charge in [0.1, 0.15) is 5.75 Å². The second-order valence-electron chi connectivity index (χ2n) is 5.72. The Balaban J connectivity index is 1.97. The van der Waals surface area contributed by atoms with E-state index >= 15 is 0 Å². The van der Waals surface area contributed by atoms with Crippen LogP contribution in [0.2, 0.25) is 0 Å². The molecular weight excluding hydrogens is 413 g/mol. The van der Waals surface area contributed by atoms with Gasteiger partial charge in [0.15, 0.2) is 0 Å². The molecule has 3 aromatic rings. The monoisotopic (exact) mass is 426 g/mol. The number of carbonyl (C=O) groups is 1. The molecule has 0 fully saturated rings. The molecule has 12 heteroatoms. The Labute approximate surface area is 162 Å². The van der Waals surface area contributed by atoms with Gasteiger partial charge in [0.2, 0.25) is 5.82 Å². The van der Waals surface area contributed by atoms with Crippen LogP contribution in [-0.2, 0) is 15.9 Å². The lowest BCUT2D eigenvalue weighted by molar-refractivity contribution is -0.159. The number of halogens is 3. The van der Waals surface area contributed by atoms with E-state index in [0.29, 0.717) is 4.90 Å².